The third-order valence-electron chi connectivity index (χ3n) is 8.12. The second kappa shape index (κ2) is 15.4. The number of fused-ring (bicyclic) bond motifs is 1. The van der Waals surface area contributed by atoms with Gasteiger partial charge in [-0.3, -0.25) is 33.6 Å². The van der Waals surface area contributed by atoms with Gasteiger partial charge < -0.3 is 36.8 Å². The summed E-state index contributed by atoms with van der Waals surface area (Å²) in [5, 5.41) is 15.2. The summed E-state index contributed by atoms with van der Waals surface area (Å²) in [6, 6.07) is 2.78. The molecule has 2 aliphatic rings. The molecule has 2 aliphatic heterocycles. The Morgan fingerprint density at radius 2 is 1.42 bits per heavy atom. The quantitative estimate of drug-likeness (QED) is 0.247. The van der Waals surface area contributed by atoms with Gasteiger partial charge in [0.15, 0.2) is 0 Å². The predicted molar refractivity (Wildman–Crippen MR) is 176 cm³/mol. The smallest absolute Gasteiger partial charge is 0.247 e. The highest BCUT2D eigenvalue weighted by Gasteiger charge is 2.42. The number of nitrogens with zero attached hydrogens (tertiary/aromatic N) is 2. The molecule has 16 heteroatoms. The van der Waals surface area contributed by atoms with Crippen LogP contribution in [0, 0.1) is 12.3 Å². The monoisotopic (exact) mass is 682 g/mol. The molecule has 2 aromatic rings. The van der Waals surface area contributed by atoms with Crippen molar-refractivity contribution in [3.05, 3.63) is 41.0 Å². The van der Waals surface area contributed by atoms with E-state index in [1.165, 1.54) is 23.2 Å². The van der Waals surface area contributed by atoms with Gasteiger partial charge in [0.1, 0.15) is 24.2 Å². The highest BCUT2D eigenvalue weighted by atomic mass is 32.1. The molecule has 4 rings (SSSR count). The Morgan fingerprint density at radius 1 is 0.792 bits per heavy atom. The maximum atomic E-state index is 13.9. The molecule has 258 valence electrons. The summed E-state index contributed by atoms with van der Waals surface area (Å²) in [6.07, 6.45) is 0.853. The SMILES string of the molecule is Cc1ncsc1-c1ccc([C@H]2NC(=O)[C@@H]3CCCN3C(=O)[C@H](C(C)(C)C)NC(=O)CNC(=O)[C@H](C)NC(=O)CNC(=O)CNC2=O)cc1. The van der Waals surface area contributed by atoms with Crippen LogP contribution in [0.3, 0.4) is 0 Å². The molecule has 0 radical (unpaired) electrons. The number of aromatic nitrogens is 1. The highest BCUT2D eigenvalue weighted by molar-refractivity contribution is 7.13. The van der Waals surface area contributed by atoms with Gasteiger partial charge in [0.2, 0.25) is 41.4 Å². The average Bonchev–Trinajstić information content (AvgIpc) is 3.71. The van der Waals surface area contributed by atoms with E-state index in [4.69, 9.17) is 0 Å². The van der Waals surface area contributed by atoms with Crippen molar-refractivity contribution in [2.45, 2.75) is 71.6 Å². The lowest BCUT2D eigenvalue weighted by atomic mass is 9.85. The van der Waals surface area contributed by atoms with Crippen molar-refractivity contribution >= 4 is 52.7 Å². The molecule has 15 nitrogen and oxygen atoms in total. The van der Waals surface area contributed by atoms with Gasteiger partial charge in [-0.25, -0.2) is 4.98 Å². The van der Waals surface area contributed by atoms with E-state index < -0.39 is 90.6 Å². The molecule has 0 aliphatic carbocycles. The van der Waals surface area contributed by atoms with E-state index >= 15 is 0 Å². The number of aryl methyl sites for hydroxylation is 1. The fourth-order valence-corrected chi connectivity index (χ4v) is 6.28. The maximum absolute atomic E-state index is 13.9. The zero-order valence-electron chi connectivity index (χ0n) is 27.6. The number of benzene rings is 1. The Morgan fingerprint density at radius 3 is 2.06 bits per heavy atom. The Labute approximate surface area is 282 Å². The molecule has 48 heavy (non-hydrogen) atoms. The van der Waals surface area contributed by atoms with Gasteiger partial charge in [-0.1, -0.05) is 45.0 Å². The number of rotatable bonds is 2. The molecule has 1 aromatic carbocycles. The molecule has 6 N–H and O–H groups in total. The summed E-state index contributed by atoms with van der Waals surface area (Å²) in [7, 11) is 0. The first-order valence-electron chi connectivity index (χ1n) is 15.7. The van der Waals surface area contributed by atoms with Crippen molar-refractivity contribution in [3.8, 4) is 10.4 Å². The first-order valence-corrected chi connectivity index (χ1v) is 16.6. The molecule has 0 saturated carbocycles. The van der Waals surface area contributed by atoms with Crippen LogP contribution in [0.25, 0.3) is 10.4 Å². The third-order valence-corrected chi connectivity index (χ3v) is 9.10. The molecule has 0 spiro atoms. The van der Waals surface area contributed by atoms with Crippen LogP contribution in [0.1, 0.15) is 57.8 Å². The summed E-state index contributed by atoms with van der Waals surface area (Å²) in [5.41, 5.74) is 3.13. The number of carbonyl (C=O) groups excluding carboxylic acids is 7. The lowest BCUT2D eigenvalue weighted by molar-refractivity contribution is -0.144. The summed E-state index contributed by atoms with van der Waals surface area (Å²) in [4.78, 5) is 98.2. The van der Waals surface area contributed by atoms with Crippen molar-refractivity contribution in [1.82, 2.24) is 41.8 Å². The molecular weight excluding hydrogens is 640 g/mol. The molecule has 0 bridgehead atoms. The molecule has 0 unspecified atom stereocenters. The first kappa shape index (κ1) is 36.0. The zero-order valence-corrected chi connectivity index (χ0v) is 28.4. The number of nitrogens with one attached hydrogen (secondary N) is 6. The Balaban J connectivity index is 1.64. The van der Waals surface area contributed by atoms with E-state index in [1.54, 1.807) is 38.4 Å². The van der Waals surface area contributed by atoms with Gasteiger partial charge in [0.05, 0.1) is 35.7 Å². The molecule has 1 aromatic heterocycles. The minimum Gasteiger partial charge on any atom is -0.346 e. The van der Waals surface area contributed by atoms with Crippen LogP contribution < -0.4 is 31.9 Å². The van der Waals surface area contributed by atoms with Crippen molar-refractivity contribution in [2.24, 2.45) is 5.41 Å². The Bertz CT molecular complexity index is 1570. The minimum atomic E-state index is -1.23. The number of carbonyl (C=O) groups is 7. The van der Waals surface area contributed by atoms with Crippen LogP contribution in [0.4, 0.5) is 0 Å². The van der Waals surface area contributed by atoms with E-state index in [9.17, 15) is 33.6 Å². The summed E-state index contributed by atoms with van der Waals surface area (Å²) in [5.74, 6) is -4.38. The fraction of sp³-hybridized carbons (Fsp3) is 0.500. The molecule has 7 amide bonds. The molecule has 2 fully saturated rings. The van der Waals surface area contributed by atoms with Crippen molar-refractivity contribution in [3.63, 3.8) is 0 Å². The van der Waals surface area contributed by atoms with Crippen molar-refractivity contribution in [1.29, 1.82) is 0 Å². The zero-order chi connectivity index (χ0) is 35.2. The number of thiazole rings is 1. The second-order valence-corrected chi connectivity index (χ2v) is 13.7. The van der Waals surface area contributed by atoms with Crippen molar-refractivity contribution < 1.29 is 33.6 Å². The summed E-state index contributed by atoms with van der Waals surface area (Å²) in [6.45, 7) is 7.43. The Kier molecular flexibility index (Phi) is 11.5. The normalized spacial score (nSPS) is 24.3. The molecule has 4 atom stereocenters. The topological polar surface area (TPSA) is 208 Å². The predicted octanol–water partition coefficient (Wildman–Crippen LogP) is -0.335. The third kappa shape index (κ3) is 8.93. The van der Waals surface area contributed by atoms with Gasteiger partial charge in [-0.15, -0.1) is 11.3 Å². The summed E-state index contributed by atoms with van der Waals surface area (Å²) >= 11 is 1.47. The van der Waals surface area contributed by atoms with E-state index in [0.29, 0.717) is 18.4 Å². The maximum Gasteiger partial charge on any atom is 0.247 e. The lowest BCUT2D eigenvalue weighted by Gasteiger charge is -2.35. The van der Waals surface area contributed by atoms with Crippen LogP contribution in [0.15, 0.2) is 29.8 Å². The number of hydrogen-bond donors (Lipinski definition) is 6. The average molecular weight is 683 g/mol. The summed E-state index contributed by atoms with van der Waals surface area (Å²) < 4.78 is 0. The van der Waals surface area contributed by atoms with Crippen LogP contribution >= 0.6 is 11.3 Å². The Hall–Kier alpha value is -4.86. The van der Waals surface area contributed by atoms with E-state index in [2.05, 4.69) is 36.9 Å². The van der Waals surface area contributed by atoms with Crippen LogP contribution in [0.5, 0.6) is 0 Å². The van der Waals surface area contributed by atoms with E-state index in [-0.39, 0.29) is 6.54 Å². The van der Waals surface area contributed by atoms with Gasteiger partial charge in [0, 0.05) is 6.54 Å². The highest BCUT2D eigenvalue weighted by Crippen LogP contribution is 2.29. The number of amides is 7. The molecule has 2 saturated heterocycles. The molecular formula is C32H42N8O7S. The fourth-order valence-electron chi connectivity index (χ4n) is 5.46. The lowest BCUT2D eigenvalue weighted by Crippen LogP contribution is -2.59. The van der Waals surface area contributed by atoms with Gasteiger partial charge in [-0.2, -0.15) is 0 Å². The van der Waals surface area contributed by atoms with Crippen LogP contribution in [0.2, 0.25) is 0 Å². The van der Waals surface area contributed by atoms with Crippen LogP contribution in [-0.4, -0.2) is 95.5 Å². The van der Waals surface area contributed by atoms with Gasteiger partial charge in [0.25, 0.3) is 0 Å². The second-order valence-electron chi connectivity index (χ2n) is 12.9. The van der Waals surface area contributed by atoms with Gasteiger partial charge in [-0.05, 0) is 43.2 Å². The standard InChI is InChI=1S/C32H42N8O7S/c1-17-26(48-16-36-17)20-10-8-19(9-11-20)25-30(46)35-13-22(41)33-14-23(42)37-18(2)28(44)34-15-24(43)38-27(32(3,4)5)31(47)40-12-6-7-21(40)29(45)39-25/h8-11,16,18,21,25,27H,6-7,12-15H2,1-5H3,(H,33,41)(H,34,44)(H,35,46)(H,37,42)(H,38,43)(H,39,45)/t18-,21-,25+,27+/m0/s1. The minimum absolute atomic E-state index is 0.257. The van der Waals surface area contributed by atoms with Crippen LogP contribution in [-0.2, 0) is 33.6 Å². The number of hydrogen-bond acceptors (Lipinski definition) is 9. The van der Waals surface area contributed by atoms with E-state index in [1.807, 2.05) is 19.1 Å². The molecule has 3 heterocycles. The van der Waals surface area contributed by atoms with Gasteiger partial charge >= 0.3 is 0 Å². The van der Waals surface area contributed by atoms with Crippen molar-refractivity contribution in [2.75, 3.05) is 26.2 Å². The van der Waals surface area contributed by atoms with E-state index in [0.717, 1.165) is 16.1 Å². The largest absolute Gasteiger partial charge is 0.346 e. The first-order chi connectivity index (χ1) is 22.6.